The summed E-state index contributed by atoms with van der Waals surface area (Å²) < 4.78 is 27.0. The van der Waals surface area contributed by atoms with Crippen LogP contribution in [0.5, 0.6) is 0 Å². The summed E-state index contributed by atoms with van der Waals surface area (Å²) in [5.41, 5.74) is -0.113. The lowest BCUT2D eigenvalue weighted by molar-refractivity contribution is 0.0697. The van der Waals surface area contributed by atoms with Gasteiger partial charge in [-0.15, -0.1) is 0 Å². The van der Waals surface area contributed by atoms with Crippen molar-refractivity contribution in [3.05, 3.63) is 46.1 Å². The Hall–Kier alpha value is -2.03. The molecule has 0 fully saturated rings. The zero-order valence-electron chi connectivity index (χ0n) is 12.6. The fraction of sp³-hybridized carbons (Fsp3) is 0.143. The van der Waals surface area contributed by atoms with Crippen molar-refractivity contribution in [3.8, 4) is 0 Å². The number of anilines is 2. The zero-order valence-corrected chi connectivity index (χ0v) is 14.9. The smallest absolute Gasteiger partial charge is 0.339 e. The Balaban J connectivity index is 2.41. The second kappa shape index (κ2) is 6.84. The number of halogens is 2. The minimum Gasteiger partial charge on any atom is -0.478 e. The molecule has 0 radical (unpaired) electrons. The summed E-state index contributed by atoms with van der Waals surface area (Å²) in [6, 6.07) is 5.04. The van der Waals surface area contributed by atoms with Gasteiger partial charge in [-0.25, -0.2) is 18.2 Å². The number of carbonyl (C=O) groups is 1. The van der Waals surface area contributed by atoms with Gasteiger partial charge in [-0.3, -0.25) is 4.72 Å². The first-order chi connectivity index (χ1) is 11.1. The molecule has 2 rings (SSSR count). The molecule has 0 spiro atoms. The normalized spacial score (nSPS) is 11.2. The molecule has 0 aliphatic heterocycles. The molecule has 2 aromatic rings. The van der Waals surface area contributed by atoms with E-state index in [0.29, 0.717) is 0 Å². The van der Waals surface area contributed by atoms with E-state index in [1.807, 2.05) is 0 Å². The molecule has 1 aromatic heterocycles. The van der Waals surface area contributed by atoms with E-state index in [1.165, 1.54) is 35.4 Å². The molecule has 0 aliphatic rings. The van der Waals surface area contributed by atoms with E-state index >= 15 is 0 Å². The SMILES string of the molecule is CN(C)c1ncc(NS(=O)(=O)c2ccc(Cl)c(Cl)c2)cc1C(=O)O. The molecule has 0 saturated heterocycles. The second-order valence-electron chi connectivity index (χ2n) is 4.98. The van der Waals surface area contributed by atoms with E-state index < -0.39 is 16.0 Å². The number of carboxylic acids is 1. The van der Waals surface area contributed by atoms with Gasteiger partial charge < -0.3 is 10.0 Å². The summed E-state index contributed by atoms with van der Waals surface area (Å²) in [7, 11) is -0.701. The Morgan fingerprint density at radius 2 is 1.88 bits per heavy atom. The Morgan fingerprint density at radius 1 is 1.21 bits per heavy atom. The number of aromatic nitrogens is 1. The summed E-state index contributed by atoms with van der Waals surface area (Å²) >= 11 is 11.6. The van der Waals surface area contributed by atoms with Crippen LogP contribution in [0.2, 0.25) is 10.0 Å². The van der Waals surface area contributed by atoms with Crippen LogP contribution in [0.4, 0.5) is 11.5 Å². The monoisotopic (exact) mass is 389 g/mol. The Morgan fingerprint density at radius 3 is 2.42 bits per heavy atom. The van der Waals surface area contributed by atoms with Gasteiger partial charge in [0.1, 0.15) is 11.4 Å². The maximum Gasteiger partial charge on any atom is 0.339 e. The van der Waals surface area contributed by atoms with Crippen LogP contribution < -0.4 is 9.62 Å². The second-order valence-corrected chi connectivity index (χ2v) is 7.47. The molecule has 128 valence electrons. The number of hydrogen-bond donors (Lipinski definition) is 2. The molecule has 0 unspecified atom stereocenters. The number of aromatic carboxylic acids is 1. The number of hydrogen-bond acceptors (Lipinski definition) is 5. The lowest BCUT2D eigenvalue weighted by Gasteiger charge is -2.15. The molecule has 1 heterocycles. The molecule has 2 N–H and O–H groups in total. The van der Waals surface area contributed by atoms with Crippen LogP contribution in [0, 0.1) is 0 Å². The van der Waals surface area contributed by atoms with Crippen molar-refractivity contribution in [2.45, 2.75) is 4.90 Å². The van der Waals surface area contributed by atoms with Crippen LogP contribution in [-0.4, -0.2) is 38.6 Å². The first-order valence-electron chi connectivity index (χ1n) is 6.50. The largest absolute Gasteiger partial charge is 0.478 e. The van der Waals surface area contributed by atoms with Gasteiger partial charge in [0.25, 0.3) is 10.0 Å². The summed E-state index contributed by atoms with van der Waals surface area (Å²) in [5, 5.41) is 9.56. The fourth-order valence-corrected chi connectivity index (χ4v) is 3.31. The maximum atomic E-state index is 12.4. The lowest BCUT2D eigenvalue weighted by atomic mass is 10.2. The van der Waals surface area contributed by atoms with Crippen molar-refractivity contribution in [1.29, 1.82) is 0 Å². The topological polar surface area (TPSA) is 99.6 Å². The molecule has 1 aromatic carbocycles. The molecule has 10 heteroatoms. The van der Waals surface area contributed by atoms with E-state index in [2.05, 4.69) is 9.71 Å². The Labute approximate surface area is 148 Å². The first-order valence-corrected chi connectivity index (χ1v) is 8.74. The minimum atomic E-state index is -3.97. The van der Waals surface area contributed by atoms with Gasteiger partial charge in [0.15, 0.2) is 0 Å². The van der Waals surface area contributed by atoms with Crippen LogP contribution >= 0.6 is 23.2 Å². The molecule has 0 aliphatic carbocycles. The van der Waals surface area contributed by atoms with E-state index in [0.717, 1.165) is 0 Å². The summed E-state index contributed by atoms with van der Waals surface area (Å²) in [4.78, 5) is 16.7. The molecule has 0 amide bonds. The van der Waals surface area contributed by atoms with E-state index in [1.54, 1.807) is 14.1 Å². The van der Waals surface area contributed by atoms with Crippen molar-refractivity contribution in [2.75, 3.05) is 23.7 Å². The Bertz CT molecular complexity index is 901. The minimum absolute atomic E-state index is 0.0177. The van der Waals surface area contributed by atoms with E-state index in [4.69, 9.17) is 23.2 Å². The molecule has 0 atom stereocenters. The number of nitrogens with one attached hydrogen (secondary N) is 1. The quantitative estimate of drug-likeness (QED) is 0.815. The third kappa shape index (κ3) is 3.89. The van der Waals surface area contributed by atoms with Gasteiger partial charge in [-0.1, -0.05) is 23.2 Å². The maximum absolute atomic E-state index is 12.4. The number of nitrogens with zero attached hydrogens (tertiary/aromatic N) is 2. The van der Waals surface area contributed by atoms with Gasteiger partial charge in [-0.05, 0) is 24.3 Å². The summed E-state index contributed by atoms with van der Waals surface area (Å²) in [6.45, 7) is 0. The third-order valence-corrected chi connectivity index (χ3v) is 5.09. The highest BCUT2D eigenvalue weighted by Crippen LogP contribution is 2.27. The molecular formula is C14H13Cl2N3O4S. The van der Waals surface area contributed by atoms with Gasteiger partial charge >= 0.3 is 5.97 Å². The van der Waals surface area contributed by atoms with Crippen LogP contribution in [-0.2, 0) is 10.0 Å². The van der Waals surface area contributed by atoms with Crippen molar-refractivity contribution in [1.82, 2.24) is 4.98 Å². The highest BCUT2D eigenvalue weighted by molar-refractivity contribution is 7.92. The predicted octanol–water partition coefficient (Wildman–Crippen LogP) is 2.95. The number of pyridine rings is 1. The summed E-state index contributed by atoms with van der Waals surface area (Å²) in [6.07, 6.45) is 1.23. The molecular weight excluding hydrogens is 377 g/mol. The van der Waals surface area contributed by atoms with Crippen LogP contribution in [0.1, 0.15) is 10.4 Å². The highest BCUT2D eigenvalue weighted by Gasteiger charge is 2.19. The zero-order chi connectivity index (χ0) is 18.1. The van der Waals surface area contributed by atoms with Crippen molar-refractivity contribution in [3.63, 3.8) is 0 Å². The number of rotatable bonds is 5. The molecule has 7 nitrogen and oxygen atoms in total. The van der Waals surface area contributed by atoms with E-state index in [-0.39, 0.29) is 32.0 Å². The number of sulfonamides is 1. The number of carboxylic acid groups (broad SMARTS) is 1. The van der Waals surface area contributed by atoms with Crippen LogP contribution in [0.3, 0.4) is 0 Å². The number of benzene rings is 1. The molecule has 24 heavy (non-hydrogen) atoms. The summed E-state index contributed by atoms with van der Waals surface area (Å²) in [5.74, 6) is -1.01. The van der Waals surface area contributed by atoms with E-state index in [9.17, 15) is 18.3 Å². The van der Waals surface area contributed by atoms with Gasteiger partial charge in [0, 0.05) is 14.1 Å². The van der Waals surface area contributed by atoms with Gasteiger partial charge in [0.2, 0.25) is 0 Å². The van der Waals surface area contributed by atoms with Crippen LogP contribution in [0.25, 0.3) is 0 Å². The van der Waals surface area contributed by atoms with Gasteiger partial charge in [-0.2, -0.15) is 0 Å². The average Bonchev–Trinajstić information content (AvgIpc) is 2.49. The van der Waals surface area contributed by atoms with Crippen molar-refractivity contribution >= 4 is 50.7 Å². The molecule has 0 saturated carbocycles. The predicted molar refractivity (Wildman–Crippen MR) is 92.8 cm³/mol. The molecule has 0 bridgehead atoms. The Kier molecular flexibility index (Phi) is 5.22. The third-order valence-electron chi connectivity index (χ3n) is 2.97. The fourth-order valence-electron chi connectivity index (χ4n) is 1.89. The highest BCUT2D eigenvalue weighted by atomic mass is 35.5. The average molecular weight is 390 g/mol. The standard InChI is InChI=1S/C14H13Cl2N3O4S/c1-19(2)13-10(14(20)21)5-8(7-17-13)18-24(22,23)9-3-4-11(15)12(16)6-9/h3-7,18H,1-2H3,(H,20,21). The van der Waals surface area contributed by atoms with Crippen molar-refractivity contribution in [2.24, 2.45) is 0 Å². The lowest BCUT2D eigenvalue weighted by Crippen LogP contribution is -2.18. The van der Waals surface area contributed by atoms with Gasteiger partial charge in [0.05, 0.1) is 26.8 Å². The van der Waals surface area contributed by atoms with Crippen LogP contribution in [0.15, 0.2) is 35.4 Å². The van der Waals surface area contributed by atoms with Crippen molar-refractivity contribution < 1.29 is 18.3 Å². The first kappa shape index (κ1) is 18.3.